The summed E-state index contributed by atoms with van der Waals surface area (Å²) in [6.07, 6.45) is 60.6. The molecule has 2 aromatic carbocycles. The molecule has 0 N–H and O–H groups in total. The fourth-order valence-electron chi connectivity index (χ4n) is 12.3. The van der Waals surface area contributed by atoms with Crippen LogP contribution in [0.1, 0.15) is 355 Å². The molecule has 3 rings (SSSR count). The average Bonchev–Trinajstić information content (AvgIpc) is 3.86. The maximum atomic E-state index is 13.1. The zero-order valence-corrected chi connectivity index (χ0v) is 55.9. The number of rotatable bonds is 49. The molecule has 460 valence electrons. The first-order valence-corrected chi connectivity index (χ1v) is 34.8. The molecule has 2 aromatic rings. The zero-order chi connectivity index (χ0) is 58.0. The van der Waals surface area contributed by atoms with E-state index in [0.29, 0.717) is 11.8 Å². The van der Waals surface area contributed by atoms with Crippen molar-refractivity contribution in [3.8, 4) is 0 Å². The molecule has 2 unspecified atom stereocenters. The summed E-state index contributed by atoms with van der Waals surface area (Å²) >= 11 is 0. The Bertz CT molecular complexity index is 1890. The molecular weight excluding hydrogens is 1010 g/mol. The monoisotopic (exact) mass is 1140 g/mol. The Morgan fingerprint density at radius 3 is 1.00 bits per heavy atom. The van der Waals surface area contributed by atoms with Crippen molar-refractivity contribution in [1.29, 1.82) is 0 Å². The number of aryl methyl sites for hydroxylation is 2. The van der Waals surface area contributed by atoms with Gasteiger partial charge in [-0.1, -0.05) is 276 Å². The van der Waals surface area contributed by atoms with E-state index in [-0.39, 0.29) is 16.5 Å². The van der Waals surface area contributed by atoms with Crippen LogP contribution in [0, 0.1) is 25.7 Å². The number of benzene rings is 2. The molecule has 0 saturated heterocycles. The smallest absolute Gasteiger partial charge is 0.493 e. The quantitative estimate of drug-likeness (QED) is 0.0207. The van der Waals surface area contributed by atoms with Crippen molar-refractivity contribution < 1.29 is 21.2 Å². The summed E-state index contributed by atoms with van der Waals surface area (Å²) < 4.78 is 1.73. The van der Waals surface area contributed by atoms with Crippen LogP contribution in [-0.2, 0) is 29.3 Å². The van der Waals surface area contributed by atoms with E-state index in [4.69, 9.17) is 0 Å². The van der Waals surface area contributed by atoms with Gasteiger partial charge in [0.25, 0.3) is 0 Å². The van der Waals surface area contributed by atoms with Gasteiger partial charge in [0, 0.05) is 22.3 Å². The molecule has 0 radical (unpaired) electrons. The van der Waals surface area contributed by atoms with E-state index in [1.54, 1.807) is 29.7 Å². The summed E-state index contributed by atoms with van der Waals surface area (Å²) in [5, 5.41) is 0. The normalized spacial score (nSPS) is 13.5. The molecule has 0 bridgehead atoms. The topological polar surface area (TPSA) is 25.3 Å². The van der Waals surface area contributed by atoms with Crippen LogP contribution in [0.4, 0.5) is 0 Å². The van der Waals surface area contributed by atoms with Crippen molar-refractivity contribution in [2.24, 2.45) is 11.8 Å². The predicted octanol–water partition coefficient (Wildman–Crippen LogP) is 26.9. The van der Waals surface area contributed by atoms with Crippen LogP contribution < -0.4 is 0 Å². The van der Waals surface area contributed by atoms with Gasteiger partial charge >= 0.3 is 16.5 Å². The fourth-order valence-corrected chi connectivity index (χ4v) is 12.3. The first-order chi connectivity index (χ1) is 38.9. The first kappa shape index (κ1) is 77.5. The molecule has 0 spiro atoms. The maximum absolute atomic E-state index is 13.1. The van der Waals surface area contributed by atoms with Crippen molar-refractivity contribution in [3.05, 3.63) is 125 Å². The fraction of sp³-hybridized carbons (Fsp3) is 0.714. The van der Waals surface area contributed by atoms with Crippen LogP contribution in [0.5, 0.6) is 0 Å². The molecule has 1 aliphatic rings. The van der Waals surface area contributed by atoms with Crippen LogP contribution in [0.25, 0.3) is 16.9 Å². The molecule has 3 heteroatoms. The van der Waals surface area contributed by atoms with Crippen LogP contribution in [0.15, 0.2) is 83.0 Å². The van der Waals surface area contributed by atoms with Gasteiger partial charge in [0.15, 0.2) is 0 Å². The minimum atomic E-state index is 0. The molecule has 0 fully saturated rings. The van der Waals surface area contributed by atoms with E-state index < -0.39 is 0 Å². The number of hydrogen-bond acceptors (Lipinski definition) is 0. The van der Waals surface area contributed by atoms with E-state index in [1.165, 1.54) is 265 Å². The minimum Gasteiger partial charge on any atom is -0.493 e. The van der Waals surface area contributed by atoms with Crippen LogP contribution in [0.2, 0.25) is 0 Å². The molecule has 0 amide bonds. The Morgan fingerprint density at radius 1 is 0.362 bits per heavy atom. The Balaban J connectivity index is 0.0000122. The summed E-state index contributed by atoms with van der Waals surface area (Å²) in [5.41, 5.74) is 27.0. The van der Waals surface area contributed by atoms with Crippen LogP contribution >= 0.6 is 0 Å². The van der Waals surface area contributed by atoms with Crippen LogP contribution in [0.3, 0.4) is 0 Å². The SMILES string of the molecule is CCCCCCCC(=CC(CCCCCC)CCc1ccccc1C1=C(CCCC)C(CCCCC)=C(c2ccccc2CCC(C=C(CCCCCC)CCCCCCC)CCCCCC)[N+]1=[N-])CCCCCC.[CH2-]C.[CH2-]C.[Ni+2]. The number of nitrogens with zero attached hydrogens (tertiary/aromatic N) is 2. The summed E-state index contributed by atoms with van der Waals surface area (Å²) in [6.45, 7) is 28.7. The summed E-state index contributed by atoms with van der Waals surface area (Å²) in [6, 6.07) is 18.6. The van der Waals surface area contributed by atoms with E-state index in [2.05, 4.69) is 130 Å². The molecule has 2 atom stereocenters. The Labute approximate surface area is 511 Å². The molecule has 1 aliphatic heterocycles. The van der Waals surface area contributed by atoms with Gasteiger partial charge in [-0.05, 0) is 151 Å². The van der Waals surface area contributed by atoms with Crippen molar-refractivity contribution in [2.75, 3.05) is 0 Å². The van der Waals surface area contributed by atoms with Crippen LogP contribution in [-0.4, -0.2) is 4.70 Å². The largest absolute Gasteiger partial charge is 2.00 e. The van der Waals surface area contributed by atoms with Gasteiger partial charge < -0.3 is 19.4 Å². The average molecular weight is 1140 g/mol. The molecule has 0 aromatic heterocycles. The molecule has 80 heavy (non-hydrogen) atoms. The van der Waals surface area contributed by atoms with E-state index in [0.717, 1.165) is 56.3 Å². The van der Waals surface area contributed by atoms with Gasteiger partial charge in [0.2, 0.25) is 11.4 Å². The van der Waals surface area contributed by atoms with Gasteiger partial charge in [0.05, 0.1) is 0 Å². The van der Waals surface area contributed by atoms with E-state index >= 15 is 0 Å². The molecular formula is C77H132N2Ni. The third-order valence-electron chi connectivity index (χ3n) is 17.0. The van der Waals surface area contributed by atoms with E-state index in [1.807, 2.05) is 0 Å². The molecule has 0 saturated carbocycles. The van der Waals surface area contributed by atoms with Crippen molar-refractivity contribution in [3.63, 3.8) is 0 Å². The summed E-state index contributed by atoms with van der Waals surface area (Å²) in [7, 11) is 0. The van der Waals surface area contributed by atoms with Gasteiger partial charge in [-0.3, -0.25) is 0 Å². The first-order valence-electron chi connectivity index (χ1n) is 34.8. The second-order valence-corrected chi connectivity index (χ2v) is 23.7. The molecule has 2 nitrogen and oxygen atoms in total. The molecule has 1 heterocycles. The van der Waals surface area contributed by atoms with Gasteiger partial charge in [-0.15, -0.1) is 0 Å². The second kappa shape index (κ2) is 54.4. The predicted molar refractivity (Wildman–Crippen MR) is 358 cm³/mol. The standard InChI is InChI=1S/C73H122N2.2C2H5.Ni/c1-9-17-25-31-38-46-62(44-34-27-19-11-3)60-64(48-36-29-21-13-5)56-58-66-50-40-42-53-68(66)72-70(52-24-16-8)71(55-33-23-15-7)73(75(72)74)69-54-43-41-51-67(69)59-57-65(49-37-30-22-14-6)61-63(45-35-28-20-12-4)47-39-32-26-18-10-2;2*1-2;/h40-43,50-51,53-54,60-61,64-65H,9-39,44-49,52,55-59H2,1-8H3;2*1H2,2H3;/q;2*-1;+2. The Hall–Kier alpha value is -2.51. The number of allylic oxidation sites excluding steroid dienone is 6. The third kappa shape index (κ3) is 33.1. The summed E-state index contributed by atoms with van der Waals surface area (Å²) in [5.74, 6) is 1.21. The number of unbranched alkanes of at least 4 members (excludes halogenated alkanes) is 23. The van der Waals surface area contributed by atoms with Crippen molar-refractivity contribution in [2.45, 2.75) is 345 Å². The van der Waals surface area contributed by atoms with Gasteiger partial charge in [-0.2, -0.15) is 13.8 Å². The molecule has 0 aliphatic carbocycles. The minimum absolute atomic E-state index is 0. The summed E-state index contributed by atoms with van der Waals surface area (Å²) in [4.78, 5) is 0. The van der Waals surface area contributed by atoms with E-state index in [9.17, 15) is 5.53 Å². The third-order valence-corrected chi connectivity index (χ3v) is 17.0. The number of hydrogen-bond donors (Lipinski definition) is 0. The maximum Gasteiger partial charge on any atom is 2.00 e. The van der Waals surface area contributed by atoms with Crippen molar-refractivity contribution >= 4 is 11.4 Å². The Morgan fingerprint density at radius 2 is 0.650 bits per heavy atom. The van der Waals surface area contributed by atoms with Gasteiger partial charge in [-0.25, -0.2) is 4.70 Å². The zero-order valence-electron chi connectivity index (χ0n) is 55.0. The van der Waals surface area contributed by atoms with Gasteiger partial charge in [0.1, 0.15) is 0 Å². The van der Waals surface area contributed by atoms with Crippen molar-refractivity contribution in [1.82, 2.24) is 0 Å². The second-order valence-electron chi connectivity index (χ2n) is 23.7. The Kier molecular flexibility index (Phi) is 52.7.